The minimum Gasteiger partial charge on any atom is -0.341 e. The van der Waals surface area contributed by atoms with Crippen molar-refractivity contribution in [1.29, 1.82) is 0 Å². The lowest BCUT2D eigenvalue weighted by atomic mass is 10.1. The van der Waals surface area contributed by atoms with E-state index >= 15 is 0 Å². The van der Waals surface area contributed by atoms with Crippen molar-refractivity contribution in [3.8, 4) is 11.3 Å². The van der Waals surface area contributed by atoms with Crippen molar-refractivity contribution in [3.63, 3.8) is 0 Å². The minimum absolute atomic E-state index is 0.0604. The number of carbonyl (C=O) groups is 1. The molecule has 26 heavy (non-hydrogen) atoms. The van der Waals surface area contributed by atoms with Crippen LogP contribution in [0.1, 0.15) is 11.3 Å². The second-order valence-electron chi connectivity index (χ2n) is 6.07. The molecule has 0 aliphatic rings. The Labute approximate surface area is 158 Å². The van der Waals surface area contributed by atoms with Gasteiger partial charge in [0.2, 0.25) is 5.91 Å². The maximum absolute atomic E-state index is 12.4. The first kappa shape index (κ1) is 18.1. The lowest BCUT2D eigenvalue weighted by Crippen LogP contribution is -2.27. The Morgan fingerprint density at radius 2 is 1.65 bits per heavy atom. The number of thioether (sulfide) groups is 1. The third-order valence-electron chi connectivity index (χ3n) is 3.92. The zero-order valence-electron chi connectivity index (χ0n) is 14.9. The van der Waals surface area contributed by atoms with Gasteiger partial charge in [0.15, 0.2) is 5.16 Å². The fourth-order valence-electron chi connectivity index (χ4n) is 2.54. The van der Waals surface area contributed by atoms with Crippen LogP contribution in [0.25, 0.3) is 11.3 Å². The largest absolute Gasteiger partial charge is 0.341 e. The number of carbonyl (C=O) groups excluding carboxylic acids is 1. The molecule has 0 aliphatic heterocycles. The average molecular weight is 363 g/mol. The molecule has 132 valence electrons. The highest BCUT2D eigenvalue weighted by atomic mass is 32.2. The summed E-state index contributed by atoms with van der Waals surface area (Å²) in [6.45, 7) is 2.55. The fraction of sp³-hybridized carbons (Fsp3) is 0.190. The highest BCUT2D eigenvalue weighted by Crippen LogP contribution is 2.21. The van der Waals surface area contributed by atoms with E-state index in [9.17, 15) is 4.79 Å². The molecule has 0 unspecified atom stereocenters. The van der Waals surface area contributed by atoms with Crippen LogP contribution >= 0.6 is 11.8 Å². The zero-order valence-corrected chi connectivity index (χ0v) is 15.7. The van der Waals surface area contributed by atoms with Gasteiger partial charge in [-0.1, -0.05) is 72.4 Å². The summed E-state index contributed by atoms with van der Waals surface area (Å²) in [5.74, 6) is 0.381. The quantitative estimate of drug-likeness (QED) is 0.486. The lowest BCUT2D eigenvalue weighted by Gasteiger charge is -2.17. The van der Waals surface area contributed by atoms with E-state index < -0.39 is 0 Å². The molecule has 3 rings (SSSR count). The van der Waals surface area contributed by atoms with Gasteiger partial charge in [0.05, 0.1) is 11.4 Å². The molecule has 0 bridgehead atoms. The first-order valence-electron chi connectivity index (χ1n) is 8.43. The Bertz CT molecular complexity index is 869. The Balaban J connectivity index is 1.64. The van der Waals surface area contributed by atoms with Gasteiger partial charge in [-0.2, -0.15) is 0 Å². The highest BCUT2D eigenvalue weighted by Gasteiger charge is 2.12. The van der Waals surface area contributed by atoms with E-state index in [2.05, 4.69) is 9.97 Å². The standard InChI is InChI=1S/C21H21N3OS/c1-16-13-19(18-11-7-4-8-12-18)23-21(22-16)26-15-20(25)24(2)14-17-9-5-3-6-10-17/h3-13H,14-15H2,1-2H3. The summed E-state index contributed by atoms with van der Waals surface area (Å²) >= 11 is 1.38. The van der Waals surface area contributed by atoms with Gasteiger partial charge < -0.3 is 4.90 Å². The Morgan fingerprint density at radius 1 is 1.00 bits per heavy atom. The number of rotatable bonds is 6. The van der Waals surface area contributed by atoms with Crippen molar-refractivity contribution in [3.05, 3.63) is 78.0 Å². The molecule has 2 aromatic carbocycles. The summed E-state index contributed by atoms with van der Waals surface area (Å²) in [7, 11) is 1.82. The molecule has 0 radical (unpaired) electrons. The van der Waals surface area contributed by atoms with Gasteiger partial charge >= 0.3 is 0 Å². The van der Waals surface area contributed by atoms with Crippen LogP contribution in [0, 0.1) is 6.92 Å². The van der Waals surface area contributed by atoms with E-state index in [-0.39, 0.29) is 5.91 Å². The summed E-state index contributed by atoms with van der Waals surface area (Å²) in [4.78, 5) is 23.2. The number of hydrogen-bond donors (Lipinski definition) is 0. The molecule has 1 heterocycles. The van der Waals surface area contributed by atoms with E-state index in [0.717, 1.165) is 22.5 Å². The maximum atomic E-state index is 12.4. The number of amides is 1. The molecule has 5 heteroatoms. The van der Waals surface area contributed by atoms with Crippen LogP contribution in [-0.4, -0.2) is 33.6 Å². The molecular weight excluding hydrogens is 342 g/mol. The number of hydrogen-bond acceptors (Lipinski definition) is 4. The van der Waals surface area contributed by atoms with Crippen LogP contribution < -0.4 is 0 Å². The van der Waals surface area contributed by atoms with Crippen LogP contribution in [0.3, 0.4) is 0 Å². The molecule has 4 nitrogen and oxygen atoms in total. The van der Waals surface area contributed by atoms with Gasteiger partial charge in [0, 0.05) is 24.8 Å². The molecule has 0 saturated carbocycles. The Kier molecular flexibility index (Phi) is 6.02. The van der Waals surface area contributed by atoms with Crippen molar-refractivity contribution >= 4 is 17.7 Å². The minimum atomic E-state index is 0.0604. The van der Waals surface area contributed by atoms with E-state index in [0.29, 0.717) is 17.5 Å². The number of aromatic nitrogens is 2. The maximum Gasteiger partial charge on any atom is 0.233 e. The van der Waals surface area contributed by atoms with Crippen molar-refractivity contribution in [2.75, 3.05) is 12.8 Å². The molecule has 1 amide bonds. The number of benzene rings is 2. The summed E-state index contributed by atoms with van der Waals surface area (Å²) in [6.07, 6.45) is 0. The molecule has 0 N–H and O–H groups in total. The second-order valence-corrected chi connectivity index (χ2v) is 7.01. The van der Waals surface area contributed by atoms with E-state index in [4.69, 9.17) is 0 Å². The fourth-order valence-corrected chi connectivity index (χ4v) is 3.39. The van der Waals surface area contributed by atoms with Gasteiger partial charge in [-0.3, -0.25) is 4.79 Å². The van der Waals surface area contributed by atoms with Crippen molar-refractivity contribution < 1.29 is 4.79 Å². The van der Waals surface area contributed by atoms with E-state index in [1.807, 2.05) is 80.7 Å². The third-order valence-corrected chi connectivity index (χ3v) is 4.75. The van der Waals surface area contributed by atoms with Crippen molar-refractivity contribution in [2.24, 2.45) is 0 Å². The second kappa shape index (κ2) is 8.63. The summed E-state index contributed by atoms with van der Waals surface area (Å²) in [5.41, 5.74) is 3.94. The molecule has 0 aliphatic carbocycles. The van der Waals surface area contributed by atoms with E-state index in [1.165, 1.54) is 11.8 Å². The SMILES string of the molecule is Cc1cc(-c2ccccc2)nc(SCC(=O)N(C)Cc2ccccc2)n1. The normalized spacial score (nSPS) is 10.5. The smallest absolute Gasteiger partial charge is 0.233 e. The van der Waals surface area contributed by atoms with Gasteiger partial charge in [-0.15, -0.1) is 0 Å². The average Bonchev–Trinajstić information content (AvgIpc) is 2.67. The molecular formula is C21H21N3OS. The topological polar surface area (TPSA) is 46.1 Å². The zero-order chi connectivity index (χ0) is 18.4. The van der Waals surface area contributed by atoms with Crippen LogP contribution in [0.15, 0.2) is 71.9 Å². The molecule has 0 fully saturated rings. The van der Waals surface area contributed by atoms with Gasteiger partial charge in [0.1, 0.15) is 0 Å². The predicted octanol–water partition coefficient (Wildman–Crippen LogP) is 4.20. The molecule has 3 aromatic rings. The molecule has 0 spiro atoms. The summed E-state index contributed by atoms with van der Waals surface area (Å²) in [5, 5.41) is 0.630. The van der Waals surface area contributed by atoms with Crippen LogP contribution in [0.4, 0.5) is 0 Å². The van der Waals surface area contributed by atoms with Crippen LogP contribution in [-0.2, 0) is 11.3 Å². The summed E-state index contributed by atoms with van der Waals surface area (Å²) in [6, 6.07) is 21.9. The van der Waals surface area contributed by atoms with Gasteiger partial charge in [0.25, 0.3) is 0 Å². The van der Waals surface area contributed by atoms with Crippen LogP contribution in [0.2, 0.25) is 0 Å². The predicted molar refractivity (Wildman–Crippen MR) is 106 cm³/mol. The first-order valence-corrected chi connectivity index (χ1v) is 9.42. The highest BCUT2D eigenvalue weighted by molar-refractivity contribution is 7.99. The van der Waals surface area contributed by atoms with Crippen LogP contribution in [0.5, 0.6) is 0 Å². The first-order chi connectivity index (χ1) is 12.6. The molecule has 0 saturated heterocycles. The lowest BCUT2D eigenvalue weighted by molar-refractivity contribution is -0.127. The molecule has 0 atom stereocenters. The number of aryl methyl sites for hydroxylation is 1. The van der Waals surface area contributed by atoms with E-state index in [1.54, 1.807) is 4.90 Å². The van der Waals surface area contributed by atoms with Gasteiger partial charge in [-0.25, -0.2) is 9.97 Å². The third kappa shape index (κ3) is 4.92. The number of nitrogens with zero attached hydrogens (tertiary/aromatic N) is 3. The Morgan fingerprint density at radius 3 is 2.35 bits per heavy atom. The van der Waals surface area contributed by atoms with Gasteiger partial charge in [-0.05, 0) is 18.6 Å². The summed E-state index contributed by atoms with van der Waals surface area (Å²) < 4.78 is 0. The van der Waals surface area contributed by atoms with Crippen molar-refractivity contribution in [2.45, 2.75) is 18.6 Å². The Hall–Kier alpha value is -2.66. The van der Waals surface area contributed by atoms with Crippen molar-refractivity contribution in [1.82, 2.24) is 14.9 Å². The monoisotopic (exact) mass is 363 g/mol. The molecule has 1 aromatic heterocycles.